The van der Waals surface area contributed by atoms with Gasteiger partial charge in [-0.25, -0.2) is 15.0 Å². The van der Waals surface area contributed by atoms with Crippen molar-refractivity contribution in [2.24, 2.45) is 0 Å². The van der Waals surface area contributed by atoms with Crippen molar-refractivity contribution < 1.29 is 13.7 Å². The summed E-state index contributed by atoms with van der Waals surface area (Å²) in [6.45, 7) is 0. The molecular weight excluding hydrogens is 723 g/mol. The van der Waals surface area contributed by atoms with Gasteiger partial charge in [-0.1, -0.05) is 182 Å². The van der Waals surface area contributed by atoms with Crippen LogP contribution in [0, 0.1) is 0 Å². The van der Waals surface area contributed by atoms with Crippen LogP contribution in [-0.4, -0.2) is 15.0 Å². The molecule has 0 saturated heterocycles. The van der Waals surface area contributed by atoms with Crippen molar-refractivity contribution >= 4 is 69.2 Å². The van der Waals surface area contributed by atoms with Crippen LogP contribution in [0.5, 0.6) is 0 Å². The Morgan fingerprint density at radius 2 is 0.574 bits per heavy atom. The molecule has 0 unspecified atom stereocenters. The zero-order chi connectivity index (χ0) is 37.0. The van der Waals surface area contributed by atoms with Crippen LogP contribution >= 0.6 is 21.4 Å². The molecule has 0 N–H and O–H groups in total. The van der Waals surface area contributed by atoms with E-state index in [1.165, 1.54) is 12.7 Å². The van der Waals surface area contributed by atoms with Crippen LogP contribution in [0.4, 0.5) is 0 Å². The minimum Gasteiger partial charge on any atom is -0.309 e. The third-order valence-corrected chi connectivity index (χ3v) is 18.8. The molecule has 262 valence electrons. The fraction of sp³-hybridized carbons (Fsp3) is 0. The van der Waals surface area contributed by atoms with Crippen LogP contribution in [0.3, 0.4) is 0 Å². The summed E-state index contributed by atoms with van der Waals surface area (Å²) < 4.78 is 49.7. The lowest BCUT2D eigenvalue weighted by Crippen LogP contribution is -2.38. The standard InChI is InChI=1S/C45H34N3O3P3/c49-52(35-19-7-1-8-20-35,36-21-9-2-10-22-36)41-31-42(53(50,37-23-11-3-12-24-37)38-25-13-4-14-26-38)44(45-47-33-46-34-48-45)43(32-41)54(51,39-27-15-5-16-28-39)40-29-17-6-18-30-40/h1-34H. The van der Waals surface area contributed by atoms with E-state index < -0.39 is 21.4 Å². The highest BCUT2D eigenvalue weighted by atomic mass is 31.2. The molecule has 0 fully saturated rings. The summed E-state index contributed by atoms with van der Waals surface area (Å²) in [7, 11) is -11.5. The van der Waals surface area contributed by atoms with E-state index in [0.717, 1.165) is 0 Å². The summed E-state index contributed by atoms with van der Waals surface area (Å²) in [5.74, 6) is 0.204. The first-order valence-corrected chi connectivity index (χ1v) is 22.5. The van der Waals surface area contributed by atoms with Crippen molar-refractivity contribution in [1.29, 1.82) is 0 Å². The number of hydrogen-bond acceptors (Lipinski definition) is 6. The fourth-order valence-corrected chi connectivity index (χ4v) is 15.8. The Morgan fingerprint density at radius 3 is 0.852 bits per heavy atom. The quantitative estimate of drug-likeness (QED) is 0.149. The second kappa shape index (κ2) is 14.9. The van der Waals surface area contributed by atoms with Crippen molar-refractivity contribution in [3.63, 3.8) is 0 Å². The molecule has 9 heteroatoms. The van der Waals surface area contributed by atoms with Crippen molar-refractivity contribution in [3.8, 4) is 11.4 Å². The summed E-state index contributed by atoms with van der Waals surface area (Å²) in [5, 5.41) is 4.44. The summed E-state index contributed by atoms with van der Waals surface area (Å²) in [6, 6.07) is 59.4. The SMILES string of the molecule is O=P(c1ccccc1)(c1ccccc1)c1cc(P(=O)(c2ccccc2)c2ccccc2)c(-c2ncncn2)c(P(=O)(c2ccccc2)c2ccccc2)c1. The molecule has 0 aliphatic rings. The normalized spacial score (nSPS) is 11.9. The lowest BCUT2D eigenvalue weighted by molar-refractivity contribution is 0.592. The molecule has 6 nitrogen and oxygen atoms in total. The van der Waals surface area contributed by atoms with E-state index in [9.17, 15) is 0 Å². The molecule has 0 spiro atoms. The van der Waals surface area contributed by atoms with Gasteiger partial charge in [0.25, 0.3) is 0 Å². The van der Waals surface area contributed by atoms with Gasteiger partial charge in [-0.2, -0.15) is 0 Å². The molecule has 1 heterocycles. The number of rotatable bonds is 10. The van der Waals surface area contributed by atoms with E-state index in [1.54, 1.807) is 12.1 Å². The van der Waals surface area contributed by atoms with Gasteiger partial charge in [0.2, 0.25) is 0 Å². The van der Waals surface area contributed by atoms with Crippen molar-refractivity contribution in [3.05, 3.63) is 207 Å². The number of hydrogen-bond donors (Lipinski definition) is 0. The Bertz CT molecular complexity index is 2420. The molecule has 54 heavy (non-hydrogen) atoms. The smallest absolute Gasteiger partial charge is 0.171 e. The summed E-state index contributed by atoms with van der Waals surface area (Å²) >= 11 is 0. The van der Waals surface area contributed by atoms with Gasteiger partial charge in [0, 0.05) is 53.3 Å². The molecule has 8 rings (SSSR count). The fourth-order valence-electron chi connectivity index (χ4n) is 7.00. The Balaban J connectivity index is 1.63. The van der Waals surface area contributed by atoms with Crippen LogP contribution in [0.1, 0.15) is 0 Å². The Hall–Kier alpha value is -5.76. The molecule has 0 radical (unpaired) electrons. The van der Waals surface area contributed by atoms with Gasteiger partial charge in [-0.15, -0.1) is 0 Å². The highest BCUT2D eigenvalue weighted by Gasteiger charge is 2.42. The Morgan fingerprint density at radius 1 is 0.315 bits per heavy atom. The molecule has 7 aromatic carbocycles. The zero-order valence-corrected chi connectivity index (χ0v) is 31.7. The highest BCUT2D eigenvalue weighted by molar-refractivity contribution is 7.88. The molecule has 0 saturated carbocycles. The third-order valence-electron chi connectivity index (χ3n) is 9.56. The minimum atomic E-state index is -3.88. The molecule has 0 atom stereocenters. The van der Waals surface area contributed by atoms with E-state index in [1.807, 2.05) is 182 Å². The Kier molecular flexibility index (Phi) is 9.76. The van der Waals surface area contributed by atoms with Crippen LogP contribution in [0.25, 0.3) is 11.4 Å². The van der Waals surface area contributed by atoms with Gasteiger partial charge < -0.3 is 13.7 Å². The molecule has 1 aromatic heterocycles. The van der Waals surface area contributed by atoms with Gasteiger partial charge in [0.1, 0.15) is 12.7 Å². The third kappa shape index (κ3) is 6.13. The first-order valence-electron chi connectivity index (χ1n) is 17.4. The van der Waals surface area contributed by atoms with Crippen molar-refractivity contribution in [1.82, 2.24) is 15.0 Å². The van der Waals surface area contributed by atoms with Crippen LogP contribution in [0.2, 0.25) is 0 Å². The van der Waals surface area contributed by atoms with Crippen molar-refractivity contribution in [2.45, 2.75) is 0 Å². The lowest BCUT2D eigenvalue weighted by atomic mass is 10.2. The van der Waals surface area contributed by atoms with Gasteiger partial charge in [0.05, 0.1) is 0 Å². The number of aromatic nitrogens is 3. The molecule has 0 aliphatic carbocycles. The average molecular weight is 758 g/mol. The predicted octanol–water partition coefficient (Wildman–Crippen LogP) is 6.46. The average Bonchev–Trinajstić information content (AvgIpc) is 3.27. The van der Waals surface area contributed by atoms with E-state index in [-0.39, 0.29) is 5.82 Å². The van der Waals surface area contributed by atoms with Crippen LogP contribution in [0.15, 0.2) is 207 Å². The van der Waals surface area contributed by atoms with Crippen LogP contribution < -0.4 is 47.7 Å². The van der Waals surface area contributed by atoms with Gasteiger partial charge >= 0.3 is 0 Å². The van der Waals surface area contributed by atoms with Gasteiger partial charge in [0.15, 0.2) is 27.3 Å². The van der Waals surface area contributed by atoms with Crippen LogP contribution in [-0.2, 0) is 13.7 Å². The maximum absolute atomic E-state index is 16.7. The molecule has 0 amide bonds. The van der Waals surface area contributed by atoms with Gasteiger partial charge in [-0.05, 0) is 12.1 Å². The lowest BCUT2D eigenvalue weighted by Gasteiger charge is -2.30. The zero-order valence-electron chi connectivity index (χ0n) is 29.0. The van der Waals surface area contributed by atoms with E-state index >= 15 is 13.7 Å². The first-order chi connectivity index (χ1) is 26.4. The molecule has 0 bridgehead atoms. The van der Waals surface area contributed by atoms with E-state index in [2.05, 4.69) is 15.0 Å². The second-order valence-corrected chi connectivity index (χ2v) is 20.9. The van der Waals surface area contributed by atoms with E-state index in [0.29, 0.717) is 53.3 Å². The summed E-state index contributed by atoms with van der Waals surface area (Å²) in [6.07, 6.45) is 2.77. The topological polar surface area (TPSA) is 89.9 Å². The first kappa shape index (κ1) is 35.3. The minimum absolute atomic E-state index is 0.204. The largest absolute Gasteiger partial charge is 0.309 e. The predicted molar refractivity (Wildman–Crippen MR) is 223 cm³/mol. The maximum atomic E-state index is 16.7. The monoisotopic (exact) mass is 757 g/mol. The second-order valence-electron chi connectivity index (χ2n) is 12.7. The highest BCUT2D eigenvalue weighted by Crippen LogP contribution is 2.51. The number of nitrogens with zero attached hydrogens (tertiary/aromatic N) is 3. The summed E-state index contributed by atoms with van der Waals surface area (Å²) in [4.78, 5) is 13.4. The maximum Gasteiger partial charge on any atom is 0.171 e. The molecular formula is C45H34N3O3P3. The van der Waals surface area contributed by atoms with E-state index in [4.69, 9.17) is 0 Å². The Labute approximate surface area is 314 Å². The molecule has 8 aromatic rings. The van der Waals surface area contributed by atoms with Crippen molar-refractivity contribution in [2.75, 3.05) is 0 Å². The van der Waals surface area contributed by atoms with Gasteiger partial charge in [-0.3, -0.25) is 0 Å². The molecule has 0 aliphatic heterocycles. The summed E-state index contributed by atoms with van der Waals surface area (Å²) in [5.41, 5.74) is 0.348. The number of benzene rings is 7.